The van der Waals surface area contributed by atoms with Crippen molar-refractivity contribution in [2.45, 2.75) is 26.9 Å². The molecule has 0 saturated carbocycles. The maximum Gasteiger partial charge on any atom is 0.0547 e. The third kappa shape index (κ3) is 3.27. The second-order valence-electron chi connectivity index (χ2n) is 5.30. The lowest BCUT2D eigenvalue weighted by Gasteiger charge is -2.15. The summed E-state index contributed by atoms with van der Waals surface area (Å²) in [6, 6.07) is 6.32. The number of likely N-dealkylation sites (tertiary alicyclic amines) is 1. The molecule has 1 aliphatic heterocycles. The van der Waals surface area contributed by atoms with E-state index in [4.69, 9.17) is 0 Å². The van der Waals surface area contributed by atoms with Gasteiger partial charge in [-0.05, 0) is 31.0 Å². The molecule has 0 bridgehead atoms. The summed E-state index contributed by atoms with van der Waals surface area (Å²) in [5.74, 6) is 1.63. The van der Waals surface area contributed by atoms with Crippen LogP contribution in [0.25, 0.3) is 0 Å². The second kappa shape index (κ2) is 5.61. The van der Waals surface area contributed by atoms with Gasteiger partial charge in [0.25, 0.3) is 0 Å². The summed E-state index contributed by atoms with van der Waals surface area (Å²) in [4.78, 5) is 7.19. The molecule has 1 N–H and O–H groups in total. The number of pyridine rings is 1. The largest absolute Gasteiger partial charge is 0.314 e. The highest BCUT2D eigenvalue weighted by molar-refractivity contribution is 5.11. The van der Waals surface area contributed by atoms with Crippen molar-refractivity contribution in [1.29, 1.82) is 0 Å². The summed E-state index contributed by atoms with van der Waals surface area (Å²) in [5.41, 5.74) is 2.32. The van der Waals surface area contributed by atoms with Crippen LogP contribution >= 0.6 is 0 Å². The number of aromatic nitrogens is 1. The van der Waals surface area contributed by atoms with Gasteiger partial charge >= 0.3 is 0 Å². The Bertz CT molecular complexity index is 354. The van der Waals surface area contributed by atoms with Gasteiger partial charge in [0, 0.05) is 26.2 Å². The number of hydrogen-bond donors (Lipinski definition) is 1. The minimum atomic E-state index is 0.815. The molecule has 1 aromatic rings. The molecule has 0 aromatic carbocycles. The van der Waals surface area contributed by atoms with Crippen LogP contribution in [0.4, 0.5) is 0 Å². The van der Waals surface area contributed by atoms with Crippen molar-refractivity contribution in [2.24, 2.45) is 11.8 Å². The Hall–Kier alpha value is -0.930. The summed E-state index contributed by atoms with van der Waals surface area (Å²) in [7, 11) is 1.96. The van der Waals surface area contributed by atoms with Crippen molar-refractivity contribution in [2.75, 3.05) is 20.1 Å². The second-order valence-corrected chi connectivity index (χ2v) is 5.30. The maximum atomic E-state index is 4.67. The minimum absolute atomic E-state index is 0.815. The van der Waals surface area contributed by atoms with Crippen molar-refractivity contribution in [3.8, 4) is 0 Å². The molecule has 17 heavy (non-hydrogen) atoms. The molecule has 3 nitrogen and oxygen atoms in total. The Labute approximate surface area is 104 Å². The average Bonchev–Trinajstić information content (AvgIpc) is 2.59. The Morgan fingerprint density at radius 3 is 2.53 bits per heavy atom. The van der Waals surface area contributed by atoms with E-state index in [2.05, 4.69) is 47.2 Å². The van der Waals surface area contributed by atoms with Crippen molar-refractivity contribution in [3.05, 3.63) is 29.6 Å². The minimum Gasteiger partial charge on any atom is -0.314 e. The van der Waals surface area contributed by atoms with Crippen molar-refractivity contribution in [3.63, 3.8) is 0 Å². The predicted octanol–water partition coefficient (Wildman–Crippen LogP) is 1.89. The van der Waals surface area contributed by atoms with Crippen LogP contribution in [-0.4, -0.2) is 30.0 Å². The molecular formula is C14H23N3. The molecule has 2 heterocycles. The maximum absolute atomic E-state index is 4.67. The van der Waals surface area contributed by atoms with Gasteiger partial charge in [0.15, 0.2) is 0 Å². The molecule has 1 saturated heterocycles. The molecule has 3 heteroatoms. The fourth-order valence-corrected chi connectivity index (χ4v) is 2.50. The molecule has 0 amide bonds. The van der Waals surface area contributed by atoms with Crippen LogP contribution in [-0.2, 0) is 13.1 Å². The van der Waals surface area contributed by atoms with E-state index in [0.29, 0.717) is 0 Å². The quantitative estimate of drug-likeness (QED) is 0.861. The highest BCUT2D eigenvalue weighted by Gasteiger charge is 2.25. The molecule has 94 valence electrons. The van der Waals surface area contributed by atoms with Gasteiger partial charge in [0.2, 0.25) is 0 Å². The van der Waals surface area contributed by atoms with Crippen LogP contribution in [0.2, 0.25) is 0 Å². The molecule has 0 spiro atoms. The Kier molecular flexibility index (Phi) is 4.13. The first kappa shape index (κ1) is 12.5. The Morgan fingerprint density at radius 2 is 1.88 bits per heavy atom. The zero-order chi connectivity index (χ0) is 12.3. The van der Waals surface area contributed by atoms with Gasteiger partial charge in [-0.25, -0.2) is 0 Å². The van der Waals surface area contributed by atoms with Crippen molar-refractivity contribution >= 4 is 0 Å². The highest BCUT2D eigenvalue weighted by atomic mass is 15.2. The molecule has 2 unspecified atom stereocenters. The van der Waals surface area contributed by atoms with Crippen LogP contribution in [0.15, 0.2) is 18.2 Å². The summed E-state index contributed by atoms with van der Waals surface area (Å²) in [6.07, 6.45) is 0. The van der Waals surface area contributed by atoms with Crippen LogP contribution in [0.1, 0.15) is 25.2 Å². The van der Waals surface area contributed by atoms with Gasteiger partial charge in [0.1, 0.15) is 0 Å². The summed E-state index contributed by atoms with van der Waals surface area (Å²) in [6.45, 7) is 8.94. The standard InChI is InChI=1S/C14H23N3/c1-11-8-17(9-12(11)2)10-14-6-4-5-13(16-14)7-15-3/h4-6,11-12,15H,7-10H2,1-3H3. The van der Waals surface area contributed by atoms with Crippen LogP contribution < -0.4 is 5.32 Å². The van der Waals surface area contributed by atoms with Gasteiger partial charge in [-0.1, -0.05) is 19.9 Å². The topological polar surface area (TPSA) is 28.2 Å². The zero-order valence-electron chi connectivity index (χ0n) is 11.1. The first-order valence-electron chi connectivity index (χ1n) is 6.51. The number of nitrogens with zero attached hydrogens (tertiary/aromatic N) is 2. The van der Waals surface area contributed by atoms with Crippen molar-refractivity contribution < 1.29 is 0 Å². The average molecular weight is 233 g/mol. The smallest absolute Gasteiger partial charge is 0.0547 e. The van der Waals surface area contributed by atoms with Crippen LogP contribution in [0.5, 0.6) is 0 Å². The van der Waals surface area contributed by atoms with Gasteiger partial charge in [-0.2, -0.15) is 0 Å². The van der Waals surface area contributed by atoms with Crippen molar-refractivity contribution in [1.82, 2.24) is 15.2 Å². The first-order valence-corrected chi connectivity index (χ1v) is 6.51. The van der Waals surface area contributed by atoms with E-state index in [1.54, 1.807) is 0 Å². The van der Waals surface area contributed by atoms with Gasteiger partial charge in [-0.3, -0.25) is 9.88 Å². The summed E-state index contributed by atoms with van der Waals surface area (Å²) < 4.78 is 0. The molecule has 1 aliphatic rings. The Morgan fingerprint density at radius 1 is 1.24 bits per heavy atom. The first-order chi connectivity index (χ1) is 8.19. The third-order valence-electron chi connectivity index (χ3n) is 3.67. The fourth-order valence-electron chi connectivity index (χ4n) is 2.50. The van der Waals surface area contributed by atoms with E-state index in [9.17, 15) is 0 Å². The fraction of sp³-hybridized carbons (Fsp3) is 0.643. The van der Waals surface area contributed by atoms with E-state index in [-0.39, 0.29) is 0 Å². The molecule has 0 radical (unpaired) electrons. The summed E-state index contributed by atoms with van der Waals surface area (Å²) in [5, 5.41) is 3.14. The summed E-state index contributed by atoms with van der Waals surface area (Å²) >= 11 is 0. The monoisotopic (exact) mass is 233 g/mol. The van der Waals surface area contributed by atoms with Gasteiger partial charge in [0.05, 0.1) is 11.4 Å². The highest BCUT2D eigenvalue weighted by Crippen LogP contribution is 2.23. The SMILES string of the molecule is CNCc1cccc(CN2CC(C)C(C)C2)n1. The predicted molar refractivity (Wildman–Crippen MR) is 70.6 cm³/mol. The van der Waals surface area contributed by atoms with E-state index in [0.717, 1.165) is 30.6 Å². The molecule has 1 aromatic heterocycles. The number of hydrogen-bond acceptors (Lipinski definition) is 3. The number of nitrogens with one attached hydrogen (secondary N) is 1. The third-order valence-corrected chi connectivity index (χ3v) is 3.67. The van der Waals surface area contributed by atoms with E-state index in [1.807, 2.05) is 7.05 Å². The van der Waals surface area contributed by atoms with Gasteiger partial charge in [-0.15, -0.1) is 0 Å². The van der Waals surface area contributed by atoms with Crippen LogP contribution in [0, 0.1) is 11.8 Å². The molecular weight excluding hydrogens is 210 g/mol. The van der Waals surface area contributed by atoms with Gasteiger partial charge < -0.3 is 5.32 Å². The lowest BCUT2D eigenvalue weighted by molar-refractivity contribution is 0.312. The lowest BCUT2D eigenvalue weighted by Crippen LogP contribution is -2.21. The van der Waals surface area contributed by atoms with E-state index < -0.39 is 0 Å². The van der Waals surface area contributed by atoms with E-state index >= 15 is 0 Å². The molecule has 0 aliphatic carbocycles. The number of rotatable bonds is 4. The molecule has 2 atom stereocenters. The van der Waals surface area contributed by atoms with E-state index in [1.165, 1.54) is 18.8 Å². The van der Waals surface area contributed by atoms with Crippen LogP contribution in [0.3, 0.4) is 0 Å². The lowest BCUT2D eigenvalue weighted by atomic mass is 10.0. The molecule has 1 fully saturated rings. The zero-order valence-corrected chi connectivity index (χ0v) is 11.1. The molecule has 2 rings (SSSR count). The Balaban J connectivity index is 1.97. The normalized spacial score (nSPS) is 25.4.